The first-order valence-electron chi connectivity index (χ1n) is 5.58. The minimum Gasteiger partial charge on any atom is -0.362 e. The summed E-state index contributed by atoms with van der Waals surface area (Å²) in [5.41, 5.74) is 2.92. The van der Waals surface area contributed by atoms with Crippen LogP contribution in [0.25, 0.3) is 0 Å². The third kappa shape index (κ3) is 2.29. The smallest absolute Gasteiger partial charge is 0.178 e. The molecule has 0 atom stereocenters. The molecule has 0 aliphatic carbocycles. The molecule has 2 heterocycles. The van der Waals surface area contributed by atoms with E-state index in [4.69, 9.17) is 0 Å². The first-order chi connectivity index (χ1) is 7.16. The van der Waals surface area contributed by atoms with Crippen LogP contribution in [0.15, 0.2) is 6.07 Å². The van der Waals surface area contributed by atoms with Gasteiger partial charge in [-0.25, -0.2) is 0 Å². The van der Waals surface area contributed by atoms with Crippen molar-refractivity contribution in [3.05, 3.63) is 23.0 Å². The maximum absolute atomic E-state index is 12.0. The lowest BCUT2D eigenvalue weighted by atomic mass is 10.1. The second-order valence-corrected chi connectivity index (χ2v) is 4.40. The number of nitrogens with one attached hydrogen (secondary N) is 1. The van der Waals surface area contributed by atoms with Gasteiger partial charge < -0.3 is 4.98 Å². The Labute approximate surface area is 90.5 Å². The highest BCUT2D eigenvalue weighted by molar-refractivity contribution is 5.98. The zero-order valence-electron chi connectivity index (χ0n) is 9.47. The summed E-state index contributed by atoms with van der Waals surface area (Å²) in [5.74, 6) is 0.249. The number of hydrogen-bond donors (Lipinski definition) is 1. The van der Waals surface area contributed by atoms with Crippen LogP contribution in [0, 0.1) is 13.8 Å². The normalized spacial score (nSPS) is 17.2. The van der Waals surface area contributed by atoms with Gasteiger partial charge in [0.2, 0.25) is 0 Å². The van der Waals surface area contributed by atoms with Crippen LogP contribution in [0.5, 0.6) is 0 Å². The topological polar surface area (TPSA) is 36.1 Å². The van der Waals surface area contributed by atoms with Gasteiger partial charge in [-0.2, -0.15) is 0 Å². The quantitative estimate of drug-likeness (QED) is 0.767. The van der Waals surface area contributed by atoms with E-state index >= 15 is 0 Å². The molecule has 82 valence electrons. The highest BCUT2D eigenvalue weighted by Crippen LogP contribution is 2.13. The molecule has 15 heavy (non-hydrogen) atoms. The van der Waals surface area contributed by atoms with Crippen molar-refractivity contribution in [3.63, 3.8) is 0 Å². The van der Waals surface area contributed by atoms with E-state index in [1.54, 1.807) is 0 Å². The standard InChI is InChI=1S/C12H18N2O/c1-9-7-11(10(2)13-9)12(15)8-14-5-3-4-6-14/h7,13H,3-6,8H2,1-2H3. The minimum atomic E-state index is 0.249. The van der Waals surface area contributed by atoms with Gasteiger partial charge >= 0.3 is 0 Å². The average molecular weight is 206 g/mol. The molecular weight excluding hydrogens is 188 g/mol. The highest BCUT2D eigenvalue weighted by Gasteiger charge is 2.18. The minimum absolute atomic E-state index is 0.249. The summed E-state index contributed by atoms with van der Waals surface area (Å²) in [6, 6.07) is 1.95. The van der Waals surface area contributed by atoms with Gasteiger partial charge in [-0.1, -0.05) is 0 Å². The lowest BCUT2D eigenvalue weighted by Crippen LogP contribution is -2.26. The van der Waals surface area contributed by atoms with E-state index in [9.17, 15) is 4.79 Å². The Kier molecular flexibility index (Phi) is 2.91. The molecule has 0 aromatic carbocycles. The van der Waals surface area contributed by atoms with Crippen molar-refractivity contribution in [2.75, 3.05) is 19.6 Å². The first kappa shape index (κ1) is 10.4. The molecule has 1 N–H and O–H groups in total. The van der Waals surface area contributed by atoms with Crippen LogP contribution in [0.2, 0.25) is 0 Å². The lowest BCUT2D eigenvalue weighted by molar-refractivity contribution is 0.0945. The summed E-state index contributed by atoms with van der Waals surface area (Å²) in [4.78, 5) is 17.4. The monoisotopic (exact) mass is 206 g/mol. The molecule has 3 heteroatoms. The van der Waals surface area contributed by atoms with E-state index in [2.05, 4.69) is 9.88 Å². The Morgan fingerprint density at radius 2 is 2.07 bits per heavy atom. The first-order valence-corrected chi connectivity index (χ1v) is 5.58. The van der Waals surface area contributed by atoms with Gasteiger partial charge in [0.25, 0.3) is 0 Å². The van der Waals surface area contributed by atoms with Crippen molar-refractivity contribution in [3.8, 4) is 0 Å². The average Bonchev–Trinajstić information content (AvgIpc) is 2.75. The van der Waals surface area contributed by atoms with E-state index < -0.39 is 0 Å². The van der Waals surface area contributed by atoms with Crippen LogP contribution in [0.3, 0.4) is 0 Å². The maximum atomic E-state index is 12.0. The van der Waals surface area contributed by atoms with E-state index in [1.807, 2.05) is 19.9 Å². The van der Waals surface area contributed by atoms with Gasteiger partial charge in [0, 0.05) is 17.0 Å². The van der Waals surface area contributed by atoms with Crippen LogP contribution in [0.1, 0.15) is 34.6 Å². The van der Waals surface area contributed by atoms with E-state index in [-0.39, 0.29) is 5.78 Å². The van der Waals surface area contributed by atoms with Crippen LogP contribution in [-0.4, -0.2) is 35.3 Å². The third-order valence-corrected chi connectivity index (χ3v) is 3.02. The van der Waals surface area contributed by atoms with Gasteiger partial charge in [0.15, 0.2) is 5.78 Å². The molecule has 0 bridgehead atoms. The molecule has 0 saturated carbocycles. The van der Waals surface area contributed by atoms with Crippen LogP contribution in [-0.2, 0) is 0 Å². The zero-order chi connectivity index (χ0) is 10.8. The summed E-state index contributed by atoms with van der Waals surface area (Å²) in [6.45, 7) is 6.68. The summed E-state index contributed by atoms with van der Waals surface area (Å²) in [7, 11) is 0. The van der Waals surface area contributed by atoms with E-state index in [0.29, 0.717) is 6.54 Å². The van der Waals surface area contributed by atoms with Crippen LogP contribution < -0.4 is 0 Å². The van der Waals surface area contributed by atoms with Crippen LogP contribution >= 0.6 is 0 Å². The number of nitrogens with zero attached hydrogens (tertiary/aromatic N) is 1. The molecule has 1 fully saturated rings. The summed E-state index contributed by atoms with van der Waals surface area (Å²) in [6.07, 6.45) is 2.47. The van der Waals surface area contributed by atoms with Gasteiger partial charge in [-0.3, -0.25) is 9.69 Å². The molecule has 1 aromatic rings. The Hall–Kier alpha value is -1.09. The number of carbonyl (C=O) groups excluding carboxylic acids is 1. The largest absolute Gasteiger partial charge is 0.362 e. The fourth-order valence-corrected chi connectivity index (χ4v) is 2.24. The molecule has 0 spiro atoms. The number of Topliss-reactive ketones (excluding diaryl/α,β-unsaturated/α-hetero) is 1. The van der Waals surface area contributed by atoms with E-state index in [0.717, 1.165) is 30.0 Å². The fourth-order valence-electron chi connectivity index (χ4n) is 2.24. The van der Waals surface area contributed by atoms with Crippen molar-refractivity contribution in [1.82, 2.24) is 9.88 Å². The molecule has 3 nitrogen and oxygen atoms in total. The zero-order valence-corrected chi connectivity index (χ0v) is 9.47. The summed E-state index contributed by atoms with van der Waals surface area (Å²) < 4.78 is 0. The highest BCUT2D eigenvalue weighted by atomic mass is 16.1. The number of ketones is 1. The number of likely N-dealkylation sites (tertiary alicyclic amines) is 1. The number of carbonyl (C=O) groups is 1. The third-order valence-electron chi connectivity index (χ3n) is 3.02. The summed E-state index contributed by atoms with van der Waals surface area (Å²) >= 11 is 0. The molecule has 0 unspecified atom stereocenters. The number of aromatic nitrogens is 1. The Bertz CT molecular complexity index is 362. The van der Waals surface area contributed by atoms with Gasteiger partial charge in [0.1, 0.15) is 0 Å². The van der Waals surface area contributed by atoms with Crippen molar-refractivity contribution in [2.45, 2.75) is 26.7 Å². The van der Waals surface area contributed by atoms with Crippen molar-refractivity contribution >= 4 is 5.78 Å². The number of aryl methyl sites for hydroxylation is 2. The molecule has 2 rings (SSSR count). The SMILES string of the molecule is Cc1cc(C(=O)CN2CCCC2)c(C)[nH]1. The number of aromatic amines is 1. The molecule has 1 saturated heterocycles. The molecule has 1 aliphatic rings. The van der Waals surface area contributed by atoms with Crippen molar-refractivity contribution < 1.29 is 4.79 Å². The van der Waals surface area contributed by atoms with Crippen LogP contribution in [0.4, 0.5) is 0 Å². The fraction of sp³-hybridized carbons (Fsp3) is 0.583. The summed E-state index contributed by atoms with van der Waals surface area (Å²) in [5, 5.41) is 0. The molecular formula is C12H18N2O. The Morgan fingerprint density at radius 3 is 2.60 bits per heavy atom. The Balaban J connectivity index is 2.03. The number of rotatable bonds is 3. The molecule has 0 radical (unpaired) electrons. The van der Waals surface area contributed by atoms with Crippen molar-refractivity contribution in [1.29, 1.82) is 0 Å². The maximum Gasteiger partial charge on any atom is 0.178 e. The number of hydrogen-bond acceptors (Lipinski definition) is 2. The second-order valence-electron chi connectivity index (χ2n) is 4.40. The predicted octanol–water partition coefficient (Wildman–Crippen LogP) is 1.91. The van der Waals surface area contributed by atoms with Gasteiger partial charge in [0.05, 0.1) is 6.54 Å². The lowest BCUT2D eigenvalue weighted by Gasteiger charge is -2.12. The second kappa shape index (κ2) is 4.19. The van der Waals surface area contributed by atoms with Gasteiger partial charge in [-0.15, -0.1) is 0 Å². The number of H-pyrrole nitrogens is 1. The van der Waals surface area contributed by atoms with E-state index in [1.165, 1.54) is 12.8 Å². The molecule has 1 aliphatic heterocycles. The predicted molar refractivity (Wildman–Crippen MR) is 60.3 cm³/mol. The molecule has 1 aromatic heterocycles. The van der Waals surface area contributed by atoms with Gasteiger partial charge in [-0.05, 0) is 45.8 Å². The molecule has 0 amide bonds. The Morgan fingerprint density at radius 1 is 1.40 bits per heavy atom. The van der Waals surface area contributed by atoms with Crippen molar-refractivity contribution in [2.24, 2.45) is 0 Å².